The highest BCUT2D eigenvalue weighted by Crippen LogP contribution is 2.09. The fourth-order valence-corrected chi connectivity index (χ4v) is 2.01. The molecule has 17 heavy (non-hydrogen) atoms. The molecule has 0 saturated carbocycles. The van der Waals surface area contributed by atoms with Gasteiger partial charge >= 0.3 is 0 Å². The Balaban J connectivity index is 1.61. The van der Waals surface area contributed by atoms with Crippen molar-refractivity contribution in [2.45, 2.75) is 32.1 Å². The molecule has 0 bridgehead atoms. The molecule has 0 aliphatic rings. The third kappa shape index (κ3) is 4.44. The van der Waals surface area contributed by atoms with Crippen LogP contribution in [0.5, 0.6) is 0 Å². The molecule has 0 heterocycles. The molecule has 0 spiro atoms. The lowest BCUT2D eigenvalue weighted by Gasteiger charge is -2.02. The molecule has 0 fully saturated rings. The summed E-state index contributed by atoms with van der Waals surface area (Å²) in [5.41, 5.74) is 2.86. The standard InChI is InChI=1S/C17H18/c1-4-10-16(11-5-1)14-8-3-9-15-17-12-6-2-7-13-17/h4-7,10-13H,3,8-9,14-15H2. The van der Waals surface area contributed by atoms with Crippen LogP contribution in [-0.2, 0) is 12.8 Å². The van der Waals surface area contributed by atoms with E-state index in [9.17, 15) is 0 Å². The molecule has 2 aromatic carbocycles. The van der Waals surface area contributed by atoms with Gasteiger partial charge in [-0.25, -0.2) is 0 Å². The van der Waals surface area contributed by atoms with Crippen LogP contribution in [0.1, 0.15) is 30.4 Å². The minimum atomic E-state index is 1.19. The highest BCUT2D eigenvalue weighted by atomic mass is 14.0. The number of aryl methyl sites for hydroxylation is 2. The molecule has 0 amide bonds. The summed E-state index contributed by atoms with van der Waals surface area (Å²) in [5, 5.41) is 0. The third-order valence-corrected chi connectivity index (χ3v) is 3.01. The molecule has 2 aromatic rings. The lowest BCUT2D eigenvalue weighted by molar-refractivity contribution is 0.678. The lowest BCUT2D eigenvalue weighted by atomic mass is 10.0. The summed E-state index contributed by atoms with van der Waals surface area (Å²) in [6.07, 6.45) is 6.25. The number of hydrogen-bond donors (Lipinski definition) is 0. The van der Waals surface area contributed by atoms with E-state index in [1.807, 2.05) is 24.3 Å². The van der Waals surface area contributed by atoms with Crippen molar-refractivity contribution in [2.24, 2.45) is 0 Å². The van der Waals surface area contributed by atoms with Crippen LogP contribution in [0.2, 0.25) is 0 Å². The average molecular weight is 222 g/mol. The molecule has 0 N–H and O–H groups in total. The van der Waals surface area contributed by atoms with E-state index in [1.165, 1.54) is 43.2 Å². The molecule has 0 aliphatic carbocycles. The summed E-state index contributed by atoms with van der Waals surface area (Å²) < 4.78 is 0. The van der Waals surface area contributed by atoms with Crippen molar-refractivity contribution in [1.82, 2.24) is 0 Å². The van der Waals surface area contributed by atoms with E-state index in [0.29, 0.717) is 0 Å². The second-order valence-electron chi connectivity index (χ2n) is 4.38. The Hall–Kier alpha value is -1.56. The molecule has 0 aromatic heterocycles. The highest BCUT2D eigenvalue weighted by molar-refractivity contribution is 5.14. The largest absolute Gasteiger partial charge is 0.0584 e. The predicted molar refractivity (Wildman–Crippen MR) is 71.8 cm³/mol. The zero-order chi connectivity index (χ0) is 11.8. The Morgan fingerprint density at radius 3 is 1.41 bits per heavy atom. The minimum Gasteiger partial charge on any atom is -0.0584 e. The first-order valence-corrected chi connectivity index (χ1v) is 6.35. The first kappa shape index (κ1) is 11.9. The van der Waals surface area contributed by atoms with E-state index in [1.54, 1.807) is 0 Å². The van der Waals surface area contributed by atoms with Gasteiger partial charge in [0.2, 0.25) is 0 Å². The van der Waals surface area contributed by atoms with Crippen LogP contribution in [0.3, 0.4) is 0 Å². The van der Waals surface area contributed by atoms with Crippen molar-refractivity contribution >= 4 is 0 Å². The van der Waals surface area contributed by atoms with Gasteiger partial charge in [-0.05, 0) is 48.9 Å². The first-order valence-electron chi connectivity index (χ1n) is 6.35. The lowest BCUT2D eigenvalue weighted by Crippen LogP contribution is -1.88. The van der Waals surface area contributed by atoms with E-state index in [0.717, 1.165) is 0 Å². The van der Waals surface area contributed by atoms with Crippen molar-refractivity contribution in [3.8, 4) is 0 Å². The summed E-state index contributed by atoms with van der Waals surface area (Å²) in [5.74, 6) is 0. The van der Waals surface area contributed by atoms with Gasteiger partial charge in [0, 0.05) is 0 Å². The SMILES string of the molecule is [c]1ccc(CCCCCc2cc[c]cc2)cc1. The van der Waals surface area contributed by atoms with Crippen LogP contribution in [-0.4, -0.2) is 0 Å². The van der Waals surface area contributed by atoms with Gasteiger partial charge in [0.1, 0.15) is 0 Å². The Labute approximate surface area is 104 Å². The molecule has 0 saturated heterocycles. The van der Waals surface area contributed by atoms with Gasteiger partial charge in [-0.2, -0.15) is 0 Å². The van der Waals surface area contributed by atoms with Crippen LogP contribution < -0.4 is 0 Å². The Kier molecular flexibility index (Phi) is 4.84. The molecular weight excluding hydrogens is 204 g/mol. The summed E-state index contributed by atoms with van der Waals surface area (Å²) in [7, 11) is 0. The van der Waals surface area contributed by atoms with E-state index in [2.05, 4.69) is 36.4 Å². The molecule has 0 nitrogen and oxygen atoms in total. The second kappa shape index (κ2) is 6.90. The quantitative estimate of drug-likeness (QED) is 0.641. The van der Waals surface area contributed by atoms with Crippen LogP contribution in [0.25, 0.3) is 0 Å². The third-order valence-electron chi connectivity index (χ3n) is 3.01. The second-order valence-corrected chi connectivity index (χ2v) is 4.38. The molecule has 0 unspecified atom stereocenters. The predicted octanol–water partition coefficient (Wildman–Crippen LogP) is 4.24. The van der Waals surface area contributed by atoms with Crippen molar-refractivity contribution in [1.29, 1.82) is 0 Å². The smallest absolute Gasteiger partial charge is 0.0184 e. The monoisotopic (exact) mass is 222 g/mol. The number of unbranched alkanes of at least 4 members (excludes halogenated alkanes) is 2. The van der Waals surface area contributed by atoms with E-state index in [-0.39, 0.29) is 0 Å². The first-order chi connectivity index (χ1) is 8.45. The van der Waals surface area contributed by atoms with Gasteiger partial charge in [-0.3, -0.25) is 0 Å². The topological polar surface area (TPSA) is 0 Å². The summed E-state index contributed by atoms with van der Waals surface area (Å²) in [6, 6.07) is 22.7. The van der Waals surface area contributed by atoms with Crippen molar-refractivity contribution in [3.63, 3.8) is 0 Å². The van der Waals surface area contributed by atoms with Gasteiger partial charge in [0.05, 0.1) is 0 Å². The Morgan fingerprint density at radius 1 is 0.588 bits per heavy atom. The van der Waals surface area contributed by atoms with Gasteiger partial charge in [-0.15, -0.1) is 0 Å². The maximum atomic E-state index is 3.05. The zero-order valence-electron chi connectivity index (χ0n) is 10.2. The molecule has 0 heteroatoms. The fourth-order valence-electron chi connectivity index (χ4n) is 2.01. The van der Waals surface area contributed by atoms with Crippen LogP contribution in [0.4, 0.5) is 0 Å². The molecule has 86 valence electrons. The molecular formula is C17H18. The average Bonchev–Trinajstić information content (AvgIpc) is 2.41. The number of hydrogen-bond acceptors (Lipinski definition) is 0. The van der Waals surface area contributed by atoms with Gasteiger partial charge in [0.25, 0.3) is 0 Å². The highest BCUT2D eigenvalue weighted by Gasteiger charge is 1.94. The van der Waals surface area contributed by atoms with Crippen molar-refractivity contribution in [2.75, 3.05) is 0 Å². The maximum absolute atomic E-state index is 3.05. The molecule has 2 radical (unpaired) electrons. The number of benzene rings is 2. The van der Waals surface area contributed by atoms with Gasteiger partial charge < -0.3 is 0 Å². The molecule has 0 atom stereocenters. The van der Waals surface area contributed by atoms with Crippen molar-refractivity contribution in [3.05, 3.63) is 71.8 Å². The van der Waals surface area contributed by atoms with Gasteiger partial charge in [-0.1, -0.05) is 55.0 Å². The summed E-state index contributed by atoms with van der Waals surface area (Å²) in [4.78, 5) is 0. The van der Waals surface area contributed by atoms with Crippen molar-refractivity contribution < 1.29 is 0 Å². The van der Waals surface area contributed by atoms with Gasteiger partial charge in [0.15, 0.2) is 0 Å². The van der Waals surface area contributed by atoms with E-state index in [4.69, 9.17) is 0 Å². The van der Waals surface area contributed by atoms with E-state index >= 15 is 0 Å². The maximum Gasteiger partial charge on any atom is -0.0184 e. The zero-order valence-corrected chi connectivity index (χ0v) is 10.2. The fraction of sp³-hybridized carbons (Fsp3) is 0.294. The number of rotatable bonds is 6. The Morgan fingerprint density at radius 2 is 1.00 bits per heavy atom. The summed E-state index contributed by atoms with van der Waals surface area (Å²) >= 11 is 0. The molecule has 2 rings (SSSR count). The Bertz CT molecular complexity index is 361. The normalized spacial score (nSPS) is 10.4. The van der Waals surface area contributed by atoms with Crippen LogP contribution in [0, 0.1) is 12.1 Å². The van der Waals surface area contributed by atoms with E-state index < -0.39 is 0 Å². The minimum absolute atomic E-state index is 1.19. The van der Waals surface area contributed by atoms with Crippen LogP contribution >= 0.6 is 0 Å². The molecule has 0 aliphatic heterocycles. The summed E-state index contributed by atoms with van der Waals surface area (Å²) in [6.45, 7) is 0. The van der Waals surface area contributed by atoms with Crippen LogP contribution in [0.15, 0.2) is 48.5 Å².